The third-order valence-corrected chi connectivity index (χ3v) is 6.81. The van der Waals surface area contributed by atoms with Gasteiger partial charge in [0.2, 0.25) is 4.96 Å². The van der Waals surface area contributed by atoms with Crippen LogP contribution in [0, 0.1) is 0 Å². The first-order chi connectivity index (χ1) is 17.1. The Morgan fingerprint density at radius 2 is 1.60 bits per heavy atom. The number of nitrogens with zero attached hydrogens (tertiary/aromatic N) is 5. The minimum Gasteiger partial charge on any atom is -0.266 e. The number of rotatable bonds is 5. The molecule has 8 heteroatoms. The van der Waals surface area contributed by atoms with Crippen LogP contribution < -0.4 is 10.1 Å². The number of thiazole rings is 1. The summed E-state index contributed by atoms with van der Waals surface area (Å²) >= 11 is 7.42. The van der Waals surface area contributed by atoms with Crippen molar-refractivity contribution in [3.63, 3.8) is 0 Å². The van der Waals surface area contributed by atoms with Crippen LogP contribution in [0.5, 0.6) is 0 Å². The quantitative estimate of drug-likeness (QED) is 0.345. The topological polar surface area (TPSA) is 65.1 Å². The lowest BCUT2D eigenvalue weighted by Crippen LogP contribution is -2.23. The van der Waals surface area contributed by atoms with Gasteiger partial charge in [0.05, 0.1) is 10.2 Å². The third kappa shape index (κ3) is 4.27. The van der Waals surface area contributed by atoms with Gasteiger partial charge in [-0.3, -0.25) is 4.79 Å². The van der Waals surface area contributed by atoms with Crippen LogP contribution in [-0.2, 0) is 6.42 Å². The molecule has 35 heavy (non-hydrogen) atoms. The highest BCUT2D eigenvalue weighted by atomic mass is 35.5. The summed E-state index contributed by atoms with van der Waals surface area (Å²) < 4.78 is 3.75. The average molecular weight is 496 g/mol. The van der Waals surface area contributed by atoms with E-state index in [1.54, 1.807) is 0 Å². The smallest absolute Gasteiger partial charge is 0.266 e. The van der Waals surface area contributed by atoms with Crippen molar-refractivity contribution in [2.75, 3.05) is 0 Å². The van der Waals surface area contributed by atoms with E-state index >= 15 is 0 Å². The van der Waals surface area contributed by atoms with Crippen LogP contribution in [-0.4, -0.2) is 24.4 Å². The molecule has 3 heterocycles. The van der Waals surface area contributed by atoms with Gasteiger partial charge in [-0.25, -0.2) is 9.67 Å². The second kappa shape index (κ2) is 8.94. The van der Waals surface area contributed by atoms with Crippen molar-refractivity contribution >= 4 is 34.0 Å². The number of para-hydroxylation sites is 1. The number of fused-ring (bicyclic) bond motifs is 1. The van der Waals surface area contributed by atoms with Crippen LogP contribution in [0.1, 0.15) is 17.0 Å². The molecule has 6 aromatic rings. The van der Waals surface area contributed by atoms with Crippen molar-refractivity contribution in [2.45, 2.75) is 6.42 Å². The lowest BCUT2D eigenvalue weighted by atomic mass is 10.1. The number of aromatic nitrogens is 5. The molecule has 170 valence electrons. The van der Waals surface area contributed by atoms with Crippen LogP contribution in [0.3, 0.4) is 0 Å². The molecule has 6 nitrogen and oxygen atoms in total. The number of halogens is 1. The largest absolute Gasteiger partial charge is 0.291 e. The van der Waals surface area contributed by atoms with Crippen LogP contribution in [0.25, 0.3) is 28.0 Å². The van der Waals surface area contributed by atoms with Crippen LogP contribution in [0.4, 0.5) is 0 Å². The van der Waals surface area contributed by atoms with Crippen molar-refractivity contribution in [2.24, 2.45) is 0 Å². The van der Waals surface area contributed by atoms with Crippen molar-refractivity contribution < 1.29 is 0 Å². The lowest BCUT2D eigenvalue weighted by molar-refractivity contribution is 0.878. The van der Waals surface area contributed by atoms with E-state index in [1.807, 2.05) is 102 Å². The highest BCUT2D eigenvalue weighted by Gasteiger charge is 2.14. The van der Waals surface area contributed by atoms with Gasteiger partial charge in [0.1, 0.15) is 5.69 Å². The van der Waals surface area contributed by atoms with E-state index < -0.39 is 0 Å². The van der Waals surface area contributed by atoms with E-state index in [9.17, 15) is 4.79 Å². The van der Waals surface area contributed by atoms with Crippen LogP contribution in [0.15, 0.2) is 95.9 Å². The first-order valence-corrected chi connectivity index (χ1v) is 12.2. The number of benzene rings is 3. The summed E-state index contributed by atoms with van der Waals surface area (Å²) in [5.41, 5.74) is 4.33. The molecule has 0 saturated carbocycles. The maximum absolute atomic E-state index is 13.2. The van der Waals surface area contributed by atoms with Crippen LogP contribution in [0.2, 0.25) is 5.02 Å². The molecule has 3 aromatic heterocycles. The minimum absolute atomic E-state index is 0.189. The molecule has 0 unspecified atom stereocenters. The van der Waals surface area contributed by atoms with Crippen molar-refractivity contribution in [3.8, 4) is 16.9 Å². The van der Waals surface area contributed by atoms with E-state index in [0.29, 0.717) is 26.8 Å². The fourth-order valence-corrected chi connectivity index (χ4v) is 4.95. The molecule has 0 radical (unpaired) electrons. The second-order valence-electron chi connectivity index (χ2n) is 8.02. The lowest BCUT2D eigenvalue weighted by Gasteiger charge is -2.00. The maximum atomic E-state index is 13.2. The zero-order chi connectivity index (χ0) is 23.8. The molecule has 0 amide bonds. The van der Waals surface area contributed by atoms with Gasteiger partial charge in [0.25, 0.3) is 5.56 Å². The molecule has 3 aromatic carbocycles. The standard InChI is InChI=1S/C27H18ClN5OS/c28-21-13-11-19(12-14-21)25-20(17-32(31-25)22-9-5-2-6-10-22)16-23-26(34)33-27(35-23)29-24(30-33)15-18-7-3-1-4-8-18/h1-14,16-17H,15H2. The Kier molecular flexibility index (Phi) is 5.48. The molecule has 6 rings (SSSR count). The SMILES string of the molecule is O=c1c(=Cc2cn(-c3ccccc3)nc2-c2ccc(Cl)cc2)sc2nc(Cc3ccccc3)nn12. The first kappa shape index (κ1) is 21.5. The van der Waals surface area contributed by atoms with Gasteiger partial charge >= 0.3 is 0 Å². The highest BCUT2D eigenvalue weighted by molar-refractivity contribution is 7.15. The Labute approximate surface area is 209 Å². The normalized spacial score (nSPS) is 12.0. The zero-order valence-electron chi connectivity index (χ0n) is 18.4. The summed E-state index contributed by atoms with van der Waals surface area (Å²) in [4.78, 5) is 18.3. The summed E-state index contributed by atoms with van der Waals surface area (Å²) in [7, 11) is 0. The van der Waals surface area contributed by atoms with Gasteiger partial charge in [0.15, 0.2) is 5.82 Å². The molecule has 0 bridgehead atoms. The third-order valence-electron chi connectivity index (χ3n) is 5.60. The summed E-state index contributed by atoms with van der Waals surface area (Å²) in [6, 6.07) is 27.3. The van der Waals surface area contributed by atoms with Gasteiger partial charge < -0.3 is 0 Å². The maximum Gasteiger partial charge on any atom is 0.291 e. The molecular weight excluding hydrogens is 478 g/mol. The van der Waals surface area contributed by atoms with Gasteiger partial charge in [-0.15, -0.1) is 5.10 Å². The molecule has 0 saturated heterocycles. The van der Waals surface area contributed by atoms with Gasteiger partial charge in [-0.1, -0.05) is 83.6 Å². The molecule has 0 spiro atoms. The summed E-state index contributed by atoms with van der Waals surface area (Å²) in [6.45, 7) is 0. The van der Waals surface area contributed by atoms with E-state index in [2.05, 4.69) is 10.1 Å². The minimum atomic E-state index is -0.189. The Bertz CT molecular complexity index is 1740. The van der Waals surface area contributed by atoms with Gasteiger partial charge in [-0.2, -0.15) is 9.61 Å². The summed E-state index contributed by atoms with van der Waals surface area (Å²) in [5.74, 6) is 0.629. The summed E-state index contributed by atoms with van der Waals surface area (Å²) in [6.07, 6.45) is 4.37. The van der Waals surface area contributed by atoms with Crippen LogP contribution >= 0.6 is 22.9 Å². The average Bonchev–Trinajstić information content (AvgIpc) is 3.56. The molecular formula is C27H18ClN5OS. The molecule has 0 aliphatic rings. The molecule has 0 fully saturated rings. The Balaban J connectivity index is 1.44. The Morgan fingerprint density at radius 3 is 2.31 bits per heavy atom. The number of hydrogen-bond donors (Lipinski definition) is 0. The second-order valence-corrected chi connectivity index (χ2v) is 9.47. The van der Waals surface area contributed by atoms with E-state index in [1.165, 1.54) is 15.9 Å². The van der Waals surface area contributed by atoms with E-state index in [-0.39, 0.29) is 5.56 Å². The fourth-order valence-electron chi connectivity index (χ4n) is 3.91. The molecule has 0 aliphatic heterocycles. The monoisotopic (exact) mass is 495 g/mol. The predicted octanol–water partition coefficient (Wildman–Crippen LogP) is 4.80. The number of hydrogen-bond acceptors (Lipinski definition) is 5. The molecule has 0 N–H and O–H groups in total. The molecule has 0 aliphatic carbocycles. The Morgan fingerprint density at radius 1 is 0.886 bits per heavy atom. The van der Waals surface area contributed by atoms with Gasteiger partial charge in [-0.05, 0) is 35.9 Å². The summed E-state index contributed by atoms with van der Waals surface area (Å²) in [5, 5.41) is 9.93. The molecule has 0 atom stereocenters. The van der Waals surface area contributed by atoms with E-state index in [4.69, 9.17) is 16.7 Å². The fraction of sp³-hybridized carbons (Fsp3) is 0.0370. The predicted molar refractivity (Wildman–Crippen MR) is 139 cm³/mol. The van der Waals surface area contributed by atoms with Crippen molar-refractivity contribution in [3.05, 3.63) is 128 Å². The Hall–Kier alpha value is -4.07. The zero-order valence-corrected chi connectivity index (χ0v) is 19.9. The van der Waals surface area contributed by atoms with Gasteiger partial charge in [0, 0.05) is 28.8 Å². The van der Waals surface area contributed by atoms with Crippen molar-refractivity contribution in [1.82, 2.24) is 24.4 Å². The van der Waals surface area contributed by atoms with Crippen molar-refractivity contribution in [1.29, 1.82) is 0 Å². The highest BCUT2D eigenvalue weighted by Crippen LogP contribution is 2.26. The van der Waals surface area contributed by atoms with E-state index in [0.717, 1.165) is 28.1 Å². The first-order valence-electron chi connectivity index (χ1n) is 11.0.